The summed E-state index contributed by atoms with van der Waals surface area (Å²) in [5.41, 5.74) is 8.30. The molecule has 4 aliphatic heterocycles. The largest absolute Gasteiger partial charge is 0.507 e. The minimum atomic E-state index is 0.164. The summed E-state index contributed by atoms with van der Waals surface area (Å²) in [7, 11) is 0. The lowest BCUT2D eigenvalue weighted by atomic mass is 9.99. The maximum absolute atomic E-state index is 10.3. The van der Waals surface area contributed by atoms with E-state index < -0.39 is 0 Å². The number of aromatic hydroxyl groups is 1. The number of piperidine rings is 1. The molecule has 3 atom stereocenters. The molecule has 0 radical (unpaired) electrons. The molecule has 0 amide bonds. The Morgan fingerprint density at radius 3 is 2.74 bits per heavy atom. The fourth-order valence-corrected chi connectivity index (χ4v) is 5.48. The van der Waals surface area contributed by atoms with Crippen molar-refractivity contribution in [3.05, 3.63) is 48.4 Å². The van der Waals surface area contributed by atoms with Crippen molar-refractivity contribution < 1.29 is 9.84 Å². The zero-order valence-electron chi connectivity index (χ0n) is 21.5. The van der Waals surface area contributed by atoms with Crippen LogP contribution in [0.25, 0.3) is 11.3 Å². The molecule has 4 fully saturated rings. The van der Waals surface area contributed by atoms with Crippen molar-refractivity contribution in [2.45, 2.75) is 38.0 Å². The van der Waals surface area contributed by atoms with Gasteiger partial charge in [0.15, 0.2) is 5.82 Å². The molecular weight excluding hydrogens is 480 g/mol. The van der Waals surface area contributed by atoms with Crippen LogP contribution >= 0.6 is 0 Å². The first-order chi connectivity index (χ1) is 18.5. The van der Waals surface area contributed by atoms with E-state index in [0.717, 1.165) is 50.6 Å². The first kappa shape index (κ1) is 24.4. The van der Waals surface area contributed by atoms with Crippen molar-refractivity contribution >= 4 is 17.3 Å². The number of phenolic OH excluding ortho intramolecular Hbond substituents is 1. The van der Waals surface area contributed by atoms with Crippen molar-refractivity contribution in [3.8, 4) is 28.8 Å². The summed E-state index contributed by atoms with van der Waals surface area (Å²) in [6.07, 6.45) is 4.65. The Hall–Kier alpha value is -3.94. The van der Waals surface area contributed by atoms with Crippen LogP contribution in [-0.4, -0.2) is 87.7 Å². The second-order valence-electron chi connectivity index (χ2n) is 10.2. The van der Waals surface area contributed by atoms with E-state index >= 15 is 0 Å². The van der Waals surface area contributed by atoms with Gasteiger partial charge in [-0.1, -0.05) is 18.1 Å². The van der Waals surface area contributed by atoms with Crippen molar-refractivity contribution in [1.82, 2.24) is 25.1 Å². The number of rotatable bonds is 4. The van der Waals surface area contributed by atoms with Gasteiger partial charge in [-0.15, -0.1) is 10.2 Å². The molecule has 2 bridgehead atoms. The Balaban J connectivity index is 1.15. The second-order valence-corrected chi connectivity index (χ2v) is 10.2. The van der Waals surface area contributed by atoms with Gasteiger partial charge < -0.3 is 25.4 Å². The zero-order chi connectivity index (χ0) is 26.1. The molecule has 10 heteroatoms. The SMILES string of the molecule is CC1CCN(c2cc(-c3ccccc3O)nnc2N)CCN1c1ccnc(C#CCN2CC3CC(C2)O3)n1. The van der Waals surface area contributed by atoms with Gasteiger partial charge in [0.2, 0.25) is 5.82 Å². The minimum absolute atomic E-state index is 0.164. The fraction of sp³-hybridized carbons (Fsp3) is 0.429. The molecule has 7 rings (SSSR count). The lowest BCUT2D eigenvalue weighted by molar-refractivity contribution is -0.178. The molecular formula is C28H32N8O2. The highest BCUT2D eigenvalue weighted by Gasteiger charge is 2.37. The third-order valence-electron chi connectivity index (χ3n) is 7.55. The highest BCUT2D eigenvalue weighted by Crippen LogP contribution is 2.32. The lowest BCUT2D eigenvalue weighted by Crippen LogP contribution is -2.57. The number of benzene rings is 1. The van der Waals surface area contributed by atoms with Gasteiger partial charge in [-0.2, -0.15) is 0 Å². The highest BCUT2D eigenvalue weighted by atomic mass is 16.5. The van der Waals surface area contributed by atoms with Crippen LogP contribution in [0.1, 0.15) is 25.6 Å². The number of morpholine rings is 1. The van der Waals surface area contributed by atoms with E-state index in [0.29, 0.717) is 41.7 Å². The number of hydrogen-bond acceptors (Lipinski definition) is 10. The van der Waals surface area contributed by atoms with E-state index in [9.17, 15) is 5.11 Å². The monoisotopic (exact) mass is 512 g/mol. The second kappa shape index (κ2) is 10.4. The van der Waals surface area contributed by atoms with Crippen LogP contribution in [0.4, 0.5) is 17.3 Å². The molecule has 0 saturated carbocycles. The van der Waals surface area contributed by atoms with Crippen LogP contribution in [0.3, 0.4) is 0 Å². The smallest absolute Gasteiger partial charge is 0.206 e. The summed E-state index contributed by atoms with van der Waals surface area (Å²) >= 11 is 0. The number of nitrogens with zero attached hydrogens (tertiary/aromatic N) is 7. The van der Waals surface area contributed by atoms with Crippen LogP contribution in [-0.2, 0) is 4.74 Å². The van der Waals surface area contributed by atoms with E-state index in [2.05, 4.69) is 48.6 Å². The lowest BCUT2D eigenvalue weighted by Gasteiger charge is -2.46. The van der Waals surface area contributed by atoms with Crippen LogP contribution in [0.15, 0.2) is 42.6 Å². The van der Waals surface area contributed by atoms with Crippen molar-refractivity contribution in [1.29, 1.82) is 0 Å². The highest BCUT2D eigenvalue weighted by molar-refractivity contribution is 5.74. The molecule has 3 unspecified atom stereocenters. The third kappa shape index (κ3) is 5.08. The predicted molar refractivity (Wildman–Crippen MR) is 146 cm³/mol. The quantitative estimate of drug-likeness (QED) is 0.504. The Morgan fingerprint density at radius 2 is 1.92 bits per heavy atom. The Labute approximate surface area is 222 Å². The Morgan fingerprint density at radius 1 is 1.11 bits per heavy atom. The Kier molecular flexibility index (Phi) is 6.70. The summed E-state index contributed by atoms with van der Waals surface area (Å²) in [5.74, 6) is 8.37. The zero-order valence-corrected chi connectivity index (χ0v) is 21.5. The number of fused-ring (bicyclic) bond motifs is 2. The van der Waals surface area contributed by atoms with Gasteiger partial charge >= 0.3 is 0 Å². The van der Waals surface area contributed by atoms with E-state index in [1.165, 1.54) is 6.42 Å². The summed E-state index contributed by atoms with van der Waals surface area (Å²) in [4.78, 5) is 16.0. The number of ether oxygens (including phenoxy) is 1. The van der Waals surface area contributed by atoms with E-state index in [1.807, 2.05) is 24.3 Å². The normalized spacial score (nSPS) is 23.2. The number of nitrogen functional groups attached to an aromatic ring is 1. The van der Waals surface area contributed by atoms with Crippen molar-refractivity contribution in [2.75, 3.05) is 54.8 Å². The van der Waals surface area contributed by atoms with Crippen LogP contribution in [0, 0.1) is 11.8 Å². The molecule has 1 aromatic carbocycles. The Bertz CT molecular complexity index is 1360. The van der Waals surface area contributed by atoms with Crippen LogP contribution in [0.5, 0.6) is 5.75 Å². The number of aromatic nitrogens is 4. The molecule has 4 saturated heterocycles. The van der Waals surface area contributed by atoms with Gasteiger partial charge in [-0.25, -0.2) is 9.97 Å². The van der Waals surface area contributed by atoms with Crippen LogP contribution < -0.4 is 15.5 Å². The first-order valence-electron chi connectivity index (χ1n) is 13.2. The van der Waals surface area contributed by atoms with E-state index in [-0.39, 0.29) is 11.8 Å². The third-order valence-corrected chi connectivity index (χ3v) is 7.55. The maximum atomic E-state index is 10.3. The fourth-order valence-electron chi connectivity index (χ4n) is 5.48. The van der Waals surface area contributed by atoms with Gasteiger partial charge in [0.1, 0.15) is 11.6 Å². The minimum Gasteiger partial charge on any atom is -0.507 e. The van der Waals surface area contributed by atoms with Crippen molar-refractivity contribution in [3.63, 3.8) is 0 Å². The van der Waals surface area contributed by atoms with E-state index in [4.69, 9.17) is 15.5 Å². The molecule has 0 aliphatic carbocycles. The standard InChI is InChI=1S/C28H32N8O2/c1-19-9-12-35(24-16-23(32-33-28(24)29)22-5-2-3-6-25(22)37)13-14-36(19)27-8-10-30-26(31-27)7-4-11-34-17-20-15-21(18-34)38-20/h2-3,5-6,8,10,16,19-21,37H,9,11-15,17-18H2,1H3,(H2,29,33). The molecule has 38 heavy (non-hydrogen) atoms. The van der Waals surface area contributed by atoms with Gasteiger partial charge in [0.05, 0.1) is 30.1 Å². The van der Waals surface area contributed by atoms with E-state index in [1.54, 1.807) is 18.3 Å². The molecule has 4 aliphatic rings. The van der Waals surface area contributed by atoms with Gasteiger partial charge in [-0.3, -0.25) is 4.90 Å². The number of phenols is 1. The summed E-state index contributed by atoms with van der Waals surface area (Å²) in [5, 5.41) is 18.7. The summed E-state index contributed by atoms with van der Waals surface area (Å²) in [6, 6.07) is 11.2. The molecule has 10 nitrogen and oxygen atoms in total. The number of anilines is 3. The molecule has 2 aromatic heterocycles. The molecule has 6 heterocycles. The van der Waals surface area contributed by atoms with Crippen molar-refractivity contribution in [2.24, 2.45) is 0 Å². The average Bonchev–Trinajstić information content (AvgIpc) is 3.11. The number of hydrogen-bond donors (Lipinski definition) is 2. The molecule has 196 valence electrons. The number of nitrogens with two attached hydrogens (primary N) is 1. The van der Waals surface area contributed by atoms with Crippen LogP contribution in [0.2, 0.25) is 0 Å². The van der Waals surface area contributed by atoms with Gasteiger partial charge in [-0.05, 0) is 43.5 Å². The van der Waals surface area contributed by atoms with Gasteiger partial charge in [0.25, 0.3) is 0 Å². The summed E-state index contributed by atoms with van der Waals surface area (Å²) in [6.45, 7) is 7.15. The molecule has 3 aromatic rings. The first-order valence-corrected chi connectivity index (χ1v) is 13.2. The average molecular weight is 513 g/mol. The molecule has 3 N–H and O–H groups in total. The maximum Gasteiger partial charge on any atom is 0.206 e. The number of para-hydroxylation sites is 1. The molecule has 0 spiro atoms. The topological polar surface area (TPSA) is 117 Å². The predicted octanol–water partition coefficient (Wildman–Crippen LogP) is 2.15. The summed E-state index contributed by atoms with van der Waals surface area (Å²) < 4.78 is 5.70. The van der Waals surface area contributed by atoms with Gasteiger partial charge in [0, 0.05) is 56.9 Å².